The number of aromatic nitrogens is 3. The molecule has 0 saturated heterocycles. The zero-order valence-electron chi connectivity index (χ0n) is 12.1. The quantitative estimate of drug-likeness (QED) is 0.868. The maximum Gasteiger partial charge on any atom is 0.129 e. The SMILES string of the molecule is CN(Cc1nccn1C)c1cccc(CNC2CC2)n1. The maximum atomic E-state index is 4.71. The second kappa shape index (κ2) is 5.63. The molecule has 106 valence electrons. The van der Waals surface area contributed by atoms with Crippen LogP contribution >= 0.6 is 0 Å². The molecule has 1 N–H and O–H groups in total. The zero-order valence-corrected chi connectivity index (χ0v) is 12.1. The van der Waals surface area contributed by atoms with Crippen molar-refractivity contribution in [1.29, 1.82) is 0 Å². The van der Waals surface area contributed by atoms with Gasteiger partial charge in [-0.1, -0.05) is 6.07 Å². The molecule has 0 spiro atoms. The second-order valence-corrected chi connectivity index (χ2v) is 5.45. The van der Waals surface area contributed by atoms with E-state index >= 15 is 0 Å². The minimum absolute atomic E-state index is 0.714. The molecule has 1 saturated carbocycles. The molecular weight excluding hydrogens is 250 g/mol. The third-order valence-electron chi connectivity index (χ3n) is 3.63. The molecule has 0 radical (unpaired) electrons. The van der Waals surface area contributed by atoms with Crippen LogP contribution in [0.4, 0.5) is 5.82 Å². The molecule has 0 amide bonds. The highest BCUT2D eigenvalue weighted by molar-refractivity contribution is 5.38. The van der Waals surface area contributed by atoms with Crippen molar-refractivity contribution in [2.24, 2.45) is 7.05 Å². The number of anilines is 1. The molecule has 20 heavy (non-hydrogen) atoms. The van der Waals surface area contributed by atoms with Crippen LogP contribution in [-0.2, 0) is 20.1 Å². The van der Waals surface area contributed by atoms with Crippen LogP contribution in [0.5, 0.6) is 0 Å². The topological polar surface area (TPSA) is 46.0 Å². The Kier molecular flexibility index (Phi) is 3.69. The van der Waals surface area contributed by atoms with Gasteiger partial charge in [0.05, 0.1) is 12.2 Å². The highest BCUT2D eigenvalue weighted by Gasteiger charge is 2.20. The van der Waals surface area contributed by atoms with Gasteiger partial charge < -0.3 is 14.8 Å². The minimum Gasteiger partial charge on any atom is -0.352 e. The van der Waals surface area contributed by atoms with Crippen LogP contribution in [0.25, 0.3) is 0 Å². The highest BCUT2D eigenvalue weighted by atomic mass is 15.2. The van der Waals surface area contributed by atoms with Crippen molar-refractivity contribution in [2.45, 2.75) is 32.0 Å². The van der Waals surface area contributed by atoms with Crippen molar-refractivity contribution in [1.82, 2.24) is 19.9 Å². The number of hydrogen-bond acceptors (Lipinski definition) is 4. The summed E-state index contributed by atoms with van der Waals surface area (Å²) in [5.74, 6) is 2.03. The first-order valence-electron chi connectivity index (χ1n) is 7.09. The van der Waals surface area contributed by atoms with Gasteiger partial charge in [-0.2, -0.15) is 0 Å². The summed E-state index contributed by atoms with van der Waals surface area (Å²) >= 11 is 0. The molecule has 5 nitrogen and oxygen atoms in total. The van der Waals surface area contributed by atoms with Crippen molar-refractivity contribution in [3.63, 3.8) is 0 Å². The highest BCUT2D eigenvalue weighted by Crippen LogP contribution is 2.19. The fourth-order valence-electron chi connectivity index (χ4n) is 2.16. The molecule has 2 aromatic heterocycles. The van der Waals surface area contributed by atoms with Crippen LogP contribution < -0.4 is 10.2 Å². The first-order chi connectivity index (χ1) is 9.72. The van der Waals surface area contributed by atoms with Crippen molar-refractivity contribution in [3.05, 3.63) is 42.1 Å². The van der Waals surface area contributed by atoms with Gasteiger partial charge in [0.25, 0.3) is 0 Å². The lowest BCUT2D eigenvalue weighted by Crippen LogP contribution is -2.21. The first-order valence-corrected chi connectivity index (χ1v) is 7.09. The molecule has 0 aliphatic heterocycles. The first kappa shape index (κ1) is 13.1. The molecule has 0 atom stereocenters. The van der Waals surface area contributed by atoms with Crippen LogP contribution in [0.3, 0.4) is 0 Å². The molecule has 1 aliphatic rings. The minimum atomic E-state index is 0.714. The fourth-order valence-corrected chi connectivity index (χ4v) is 2.16. The Morgan fingerprint density at radius 2 is 2.25 bits per heavy atom. The van der Waals surface area contributed by atoms with Gasteiger partial charge in [0.1, 0.15) is 11.6 Å². The number of nitrogens with zero attached hydrogens (tertiary/aromatic N) is 4. The van der Waals surface area contributed by atoms with E-state index < -0.39 is 0 Å². The molecule has 0 unspecified atom stereocenters. The van der Waals surface area contributed by atoms with Gasteiger partial charge in [-0.15, -0.1) is 0 Å². The van der Waals surface area contributed by atoms with Gasteiger partial charge in [0, 0.05) is 39.1 Å². The lowest BCUT2D eigenvalue weighted by atomic mass is 10.3. The predicted molar refractivity (Wildman–Crippen MR) is 79.4 cm³/mol. The number of hydrogen-bond donors (Lipinski definition) is 1. The van der Waals surface area contributed by atoms with Gasteiger partial charge in [-0.25, -0.2) is 9.97 Å². The van der Waals surface area contributed by atoms with Crippen LogP contribution in [0.2, 0.25) is 0 Å². The number of rotatable bonds is 6. The molecule has 3 rings (SSSR count). The summed E-state index contributed by atoms with van der Waals surface area (Å²) < 4.78 is 2.04. The zero-order chi connectivity index (χ0) is 13.9. The average molecular weight is 271 g/mol. The lowest BCUT2D eigenvalue weighted by Gasteiger charge is -2.18. The van der Waals surface area contributed by atoms with E-state index in [2.05, 4.69) is 34.4 Å². The molecule has 1 fully saturated rings. The van der Waals surface area contributed by atoms with E-state index in [0.717, 1.165) is 30.4 Å². The van der Waals surface area contributed by atoms with E-state index in [1.54, 1.807) is 0 Å². The van der Waals surface area contributed by atoms with Gasteiger partial charge in [-0.3, -0.25) is 0 Å². The van der Waals surface area contributed by atoms with Crippen LogP contribution in [-0.4, -0.2) is 27.6 Å². The van der Waals surface area contributed by atoms with Gasteiger partial charge in [0.2, 0.25) is 0 Å². The lowest BCUT2D eigenvalue weighted by molar-refractivity contribution is 0.672. The van der Waals surface area contributed by atoms with Gasteiger partial charge >= 0.3 is 0 Å². The molecular formula is C15H21N5. The van der Waals surface area contributed by atoms with E-state index in [1.165, 1.54) is 12.8 Å². The van der Waals surface area contributed by atoms with E-state index in [-0.39, 0.29) is 0 Å². The fraction of sp³-hybridized carbons (Fsp3) is 0.467. The Morgan fingerprint density at radius 1 is 1.40 bits per heavy atom. The third kappa shape index (κ3) is 3.17. The maximum absolute atomic E-state index is 4.71. The second-order valence-electron chi connectivity index (χ2n) is 5.45. The monoisotopic (exact) mass is 271 g/mol. The Balaban J connectivity index is 1.65. The third-order valence-corrected chi connectivity index (χ3v) is 3.63. The Morgan fingerprint density at radius 3 is 2.95 bits per heavy atom. The molecule has 0 aromatic carbocycles. The number of imidazole rings is 1. The summed E-state index contributed by atoms with van der Waals surface area (Å²) in [5, 5.41) is 3.50. The summed E-state index contributed by atoms with van der Waals surface area (Å²) in [4.78, 5) is 11.2. The van der Waals surface area contributed by atoms with Crippen molar-refractivity contribution < 1.29 is 0 Å². The van der Waals surface area contributed by atoms with Gasteiger partial charge in [-0.05, 0) is 25.0 Å². The number of pyridine rings is 1. The predicted octanol–water partition coefficient (Wildman–Crippen LogP) is 1.70. The largest absolute Gasteiger partial charge is 0.352 e. The Bertz CT molecular complexity index is 573. The van der Waals surface area contributed by atoms with E-state index in [4.69, 9.17) is 4.98 Å². The van der Waals surface area contributed by atoms with Crippen molar-refractivity contribution in [3.8, 4) is 0 Å². The summed E-state index contributed by atoms with van der Waals surface area (Å²) in [5.41, 5.74) is 1.10. The summed E-state index contributed by atoms with van der Waals surface area (Å²) in [7, 11) is 4.06. The summed E-state index contributed by atoms with van der Waals surface area (Å²) in [6, 6.07) is 6.91. The Hall–Kier alpha value is -1.88. The standard InChI is InChI=1S/C15H21N5/c1-19-9-8-16-15(19)11-20(2)14-5-3-4-13(18-14)10-17-12-6-7-12/h3-5,8-9,12,17H,6-7,10-11H2,1-2H3. The molecule has 2 aromatic rings. The van der Waals surface area contributed by atoms with E-state index in [9.17, 15) is 0 Å². The smallest absolute Gasteiger partial charge is 0.129 e. The van der Waals surface area contributed by atoms with E-state index in [0.29, 0.717) is 6.04 Å². The molecule has 2 heterocycles. The summed E-state index contributed by atoms with van der Waals surface area (Å²) in [6.45, 7) is 1.62. The number of aryl methyl sites for hydroxylation is 1. The molecule has 1 aliphatic carbocycles. The average Bonchev–Trinajstić information content (AvgIpc) is 3.21. The number of nitrogens with one attached hydrogen (secondary N) is 1. The normalized spacial score (nSPS) is 14.5. The van der Waals surface area contributed by atoms with Crippen LogP contribution in [0, 0.1) is 0 Å². The van der Waals surface area contributed by atoms with Gasteiger partial charge in [0.15, 0.2) is 0 Å². The molecule has 0 bridgehead atoms. The van der Waals surface area contributed by atoms with Crippen LogP contribution in [0.15, 0.2) is 30.6 Å². The van der Waals surface area contributed by atoms with Crippen molar-refractivity contribution >= 4 is 5.82 Å². The van der Waals surface area contributed by atoms with Crippen LogP contribution in [0.1, 0.15) is 24.4 Å². The van der Waals surface area contributed by atoms with E-state index in [1.807, 2.05) is 30.1 Å². The van der Waals surface area contributed by atoms with Crippen molar-refractivity contribution in [2.75, 3.05) is 11.9 Å². The Labute approximate surface area is 119 Å². The summed E-state index contributed by atoms with van der Waals surface area (Å²) in [6.07, 6.45) is 6.40. The molecule has 5 heteroatoms.